The topological polar surface area (TPSA) is 55.1 Å². The normalized spacial score (nSPS) is 16.3. The fraction of sp³-hybridized carbons (Fsp3) is 0.250. The Hall–Kier alpha value is -1.61. The summed E-state index contributed by atoms with van der Waals surface area (Å²) in [6.07, 6.45) is 8.31. The maximum Gasteiger partial charge on any atom is 0.221 e. The summed E-state index contributed by atoms with van der Waals surface area (Å²) in [6.45, 7) is 5.87. The molecule has 0 aromatic rings. The molecule has 0 bridgehead atoms. The van der Waals surface area contributed by atoms with Gasteiger partial charge in [0.25, 0.3) is 0 Å². The van der Waals surface area contributed by atoms with Crippen molar-refractivity contribution in [1.29, 1.82) is 0 Å². The number of carbonyl (C=O) groups excluding carboxylic acids is 1. The van der Waals surface area contributed by atoms with E-state index < -0.39 is 0 Å². The Labute approximate surface area is 90.0 Å². The summed E-state index contributed by atoms with van der Waals surface area (Å²) < 4.78 is 0. The van der Waals surface area contributed by atoms with E-state index in [1.165, 1.54) is 6.92 Å². The van der Waals surface area contributed by atoms with Gasteiger partial charge in [-0.1, -0.05) is 24.8 Å². The number of nitrogens with two attached hydrogens (primary N) is 1. The molecule has 3 N–H and O–H groups in total. The lowest BCUT2D eigenvalue weighted by molar-refractivity contribution is -0.118. The van der Waals surface area contributed by atoms with Gasteiger partial charge in [0.1, 0.15) is 0 Å². The van der Waals surface area contributed by atoms with Crippen molar-refractivity contribution < 1.29 is 4.79 Å². The lowest BCUT2D eigenvalue weighted by atomic mass is 10.1. The highest BCUT2D eigenvalue weighted by atomic mass is 16.1. The monoisotopic (exact) mass is 204 g/mol. The molecule has 1 aliphatic carbocycles. The number of rotatable bonds is 2. The molecule has 80 valence electrons. The van der Waals surface area contributed by atoms with Gasteiger partial charge in [0.05, 0.1) is 0 Å². The Bertz CT molecular complexity index is 362. The van der Waals surface area contributed by atoms with Crippen molar-refractivity contribution in [2.45, 2.75) is 13.3 Å². The molecule has 0 saturated heterocycles. The second kappa shape index (κ2) is 5.32. The second-order valence-electron chi connectivity index (χ2n) is 3.49. The lowest BCUT2D eigenvalue weighted by Crippen LogP contribution is -2.19. The van der Waals surface area contributed by atoms with Gasteiger partial charge in [0.15, 0.2) is 0 Å². The van der Waals surface area contributed by atoms with Crippen LogP contribution in [0.15, 0.2) is 47.7 Å². The summed E-state index contributed by atoms with van der Waals surface area (Å²) in [5, 5.41) is 2.77. The van der Waals surface area contributed by atoms with Gasteiger partial charge in [-0.3, -0.25) is 4.79 Å². The smallest absolute Gasteiger partial charge is 0.221 e. The zero-order chi connectivity index (χ0) is 11.3. The van der Waals surface area contributed by atoms with Crippen LogP contribution in [0.1, 0.15) is 13.3 Å². The molecule has 1 aliphatic rings. The number of nitrogens with one attached hydrogen (secondary N) is 1. The van der Waals surface area contributed by atoms with Gasteiger partial charge < -0.3 is 11.1 Å². The largest absolute Gasteiger partial charge is 0.330 e. The predicted octanol–water partition coefficient (Wildman–Crippen LogP) is 1.41. The average molecular weight is 204 g/mol. The molecule has 3 nitrogen and oxygen atoms in total. The van der Waals surface area contributed by atoms with Crippen LogP contribution >= 0.6 is 0 Å². The van der Waals surface area contributed by atoms with Gasteiger partial charge in [-0.15, -0.1) is 0 Å². The molecule has 0 heterocycles. The molecule has 0 aromatic heterocycles. The predicted molar refractivity (Wildman–Crippen MR) is 61.9 cm³/mol. The van der Waals surface area contributed by atoms with E-state index in [2.05, 4.69) is 11.9 Å². The summed E-state index contributed by atoms with van der Waals surface area (Å²) in [5.74, 6) is -0.0682. The van der Waals surface area contributed by atoms with E-state index in [-0.39, 0.29) is 5.91 Å². The minimum absolute atomic E-state index is 0.0682. The lowest BCUT2D eigenvalue weighted by Gasteiger charge is -2.10. The standard InChI is InChI=1S/C12H16N2O/c1-9-3-4-11(8-13)5-6-12(7-9)14-10(2)15/h3-6H,1,7-8,13H2,2H3,(H,14,15). The van der Waals surface area contributed by atoms with E-state index >= 15 is 0 Å². The van der Waals surface area contributed by atoms with E-state index in [1.54, 1.807) is 0 Å². The van der Waals surface area contributed by atoms with Gasteiger partial charge in [-0.25, -0.2) is 0 Å². The maximum absolute atomic E-state index is 10.9. The third-order valence-electron chi connectivity index (χ3n) is 2.02. The molecule has 1 amide bonds. The number of amides is 1. The molecule has 0 unspecified atom stereocenters. The van der Waals surface area contributed by atoms with Crippen LogP contribution in [0.25, 0.3) is 0 Å². The van der Waals surface area contributed by atoms with Crippen LogP contribution in [-0.2, 0) is 4.79 Å². The van der Waals surface area contributed by atoms with Crippen LogP contribution in [0, 0.1) is 0 Å². The van der Waals surface area contributed by atoms with Crippen molar-refractivity contribution in [1.82, 2.24) is 5.32 Å². The Kier molecular flexibility index (Phi) is 4.06. The van der Waals surface area contributed by atoms with Crippen LogP contribution < -0.4 is 11.1 Å². The van der Waals surface area contributed by atoms with Crippen molar-refractivity contribution >= 4 is 5.91 Å². The number of hydrogen-bond acceptors (Lipinski definition) is 2. The number of hydrogen-bond donors (Lipinski definition) is 2. The quantitative estimate of drug-likeness (QED) is 0.714. The molecular weight excluding hydrogens is 188 g/mol. The summed E-state index contributed by atoms with van der Waals surface area (Å²) in [7, 11) is 0. The molecule has 0 radical (unpaired) electrons. The summed E-state index contributed by atoms with van der Waals surface area (Å²) in [6, 6.07) is 0. The Morgan fingerprint density at radius 1 is 1.53 bits per heavy atom. The van der Waals surface area contributed by atoms with Crippen molar-refractivity contribution in [3.05, 3.63) is 47.7 Å². The number of carbonyl (C=O) groups is 1. The third-order valence-corrected chi connectivity index (χ3v) is 2.02. The van der Waals surface area contributed by atoms with Crippen LogP contribution in [0.3, 0.4) is 0 Å². The first-order valence-corrected chi connectivity index (χ1v) is 4.85. The first kappa shape index (κ1) is 11.5. The van der Waals surface area contributed by atoms with Gasteiger partial charge in [-0.2, -0.15) is 0 Å². The molecule has 1 rings (SSSR count). The highest BCUT2D eigenvalue weighted by Crippen LogP contribution is 2.13. The number of allylic oxidation sites excluding steroid dienone is 4. The minimum atomic E-state index is -0.0682. The van der Waals surface area contributed by atoms with E-state index in [9.17, 15) is 4.79 Å². The molecule has 0 saturated carbocycles. The second-order valence-corrected chi connectivity index (χ2v) is 3.49. The minimum Gasteiger partial charge on any atom is -0.330 e. The van der Waals surface area contributed by atoms with E-state index in [4.69, 9.17) is 5.73 Å². The molecule has 0 spiro atoms. The highest BCUT2D eigenvalue weighted by Gasteiger charge is 2.02. The van der Waals surface area contributed by atoms with Crippen LogP contribution in [0.2, 0.25) is 0 Å². The van der Waals surface area contributed by atoms with Crippen molar-refractivity contribution in [3.63, 3.8) is 0 Å². The fourth-order valence-electron chi connectivity index (χ4n) is 1.30. The van der Waals surface area contributed by atoms with E-state index in [0.717, 1.165) is 16.8 Å². The molecule has 15 heavy (non-hydrogen) atoms. The molecule has 0 atom stereocenters. The Balaban J connectivity index is 2.89. The van der Waals surface area contributed by atoms with Crippen molar-refractivity contribution in [2.24, 2.45) is 5.73 Å². The first-order valence-electron chi connectivity index (χ1n) is 4.85. The Morgan fingerprint density at radius 3 is 2.87 bits per heavy atom. The summed E-state index contributed by atoms with van der Waals surface area (Å²) >= 11 is 0. The average Bonchev–Trinajstić information content (AvgIpc) is 2.14. The molecular formula is C12H16N2O. The van der Waals surface area contributed by atoms with Gasteiger partial charge in [-0.05, 0) is 17.2 Å². The molecule has 0 aliphatic heterocycles. The zero-order valence-electron chi connectivity index (χ0n) is 8.92. The fourth-order valence-corrected chi connectivity index (χ4v) is 1.30. The van der Waals surface area contributed by atoms with Crippen molar-refractivity contribution in [2.75, 3.05) is 6.54 Å². The van der Waals surface area contributed by atoms with Gasteiger partial charge in [0.2, 0.25) is 5.91 Å². The van der Waals surface area contributed by atoms with Crippen molar-refractivity contribution in [3.8, 4) is 0 Å². The van der Waals surface area contributed by atoms with Crippen LogP contribution in [0.4, 0.5) is 0 Å². The maximum atomic E-state index is 10.9. The highest BCUT2D eigenvalue weighted by molar-refractivity contribution is 5.75. The summed E-state index contributed by atoms with van der Waals surface area (Å²) in [5.41, 5.74) is 8.37. The molecule has 0 fully saturated rings. The zero-order valence-corrected chi connectivity index (χ0v) is 8.92. The Morgan fingerprint density at radius 2 is 2.27 bits per heavy atom. The van der Waals surface area contributed by atoms with Crippen LogP contribution in [0.5, 0.6) is 0 Å². The molecule has 0 aromatic carbocycles. The van der Waals surface area contributed by atoms with Gasteiger partial charge in [0, 0.05) is 25.6 Å². The summed E-state index contributed by atoms with van der Waals surface area (Å²) in [4.78, 5) is 10.9. The first-order chi connectivity index (χ1) is 7.11. The van der Waals surface area contributed by atoms with Gasteiger partial charge >= 0.3 is 0 Å². The van der Waals surface area contributed by atoms with E-state index in [0.29, 0.717) is 13.0 Å². The third kappa shape index (κ3) is 3.95. The SMILES string of the molecule is C=C1C=CC(CN)=CC=C(NC(C)=O)C1. The molecule has 3 heteroatoms. The van der Waals surface area contributed by atoms with Crippen LogP contribution in [-0.4, -0.2) is 12.5 Å². The van der Waals surface area contributed by atoms with E-state index in [1.807, 2.05) is 24.3 Å².